The molecule has 2 heterocycles. The number of hydrogen-bond donors (Lipinski definition) is 2. The predicted octanol–water partition coefficient (Wildman–Crippen LogP) is -0.786. The number of nitrogen functional groups attached to an aromatic ring is 1. The Balaban J connectivity index is 2.15. The van der Waals surface area contributed by atoms with Gasteiger partial charge in [-0.3, -0.25) is 9.36 Å². The fraction of sp³-hybridized carbons (Fsp3) is 0.333. The van der Waals surface area contributed by atoms with Gasteiger partial charge in [-0.25, -0.2) is 13.1 Å². The molecule has 0 atom stereocenters. The lowest BCUT2D eigenvalue weighted by Gasteiger charge is -2.03. The van der Waals surface area contributed by atoms with Gasteiger partial charge in [0.1, 0.15) is 4.90 Å². The highest BCUT2D eigenvalue weighted by Crippen LogP contribution is 2.15. The molecule has 0 saturated heterocycles. The molecule has 0 spiro atoms. The second kappa shape index (κ2) is 4.42. The number of anilines is 1. The molecule has 3 N–H and O–H groups in total. The summed E-state index contributed by atoms with van der Waals surface area (Å²) in [5, 5.41) is 7.75. The lowest BCUT2D eigenvalue weighted by molar-refractivity contribution is 0.581. The number of rotatable bonds is 4. The lowest BCUT2D eigenvalue weighted by atomic mass is 10.4. The molecule has 0 bridgehead atoms. The molecule has 2 rings (SSSR count). The van der Waals surface area contributed by atoms with Gasteiger partial charge in [-0.05, 0) is 0 Å². The van der Waals surface area contributed by atoms with Crippen molar-refractivity contribution in [3.05, 3.63) is 24.2 Å². The number of hydrogen-bond acceptors (Lipinski definition) is 5. The number of nitrogens with one attached hydrogen (secondary N) is 1. The minimum absolute atomic E-state index is 0.0174. The summed E-state index contributed by atoms with van der Waals surface area (Å²) in [5.74, 6) is -0.0174. The molecule has 0 radical (unpaired) electrons. The third kappa shape index (κ3) is 2.51. The zero-order valence-electron chi connectivity index (χ0n) is 10.0. The standard InChI is InChI=1S/C9H14N6O2S/c1-14-5-7(3-11-14)4-12-18(16,17)8-6-15(2)13-9(8)10/h3,5-6,12H,4H2,1-2H3,(H2,10,13). The Kier molecular flexibility index (Phi) is 3.09. The lowest BCUT2D eigenvalue weighted by Crippen LogP contribution is -2.23. The molecule has 0 aliphatic heterocycles. The molecule has 98 valence electrons. The van der Waals surface area contributed by atoms with Crippen LogP contribution in [0.25, 0.3) is 0 Å². The molecule has 8 nitrogen and oxygen atoms in total. The van der Waals surface area contributed by atoms with Gasteiger partial charge < -0.3 is 5.73 Å². The highest BCUT2D eigenvalue weighted by Gasteiger charge is 2.20. The van der Waals surface area contributed by atoms with Gasteiger partial charge in [0.2, 0.25) is 10.0 Å². The van der Waals surface area contributed by atoms with Gasteiger partial charge >= 0.3 is 0 Å². The summed E-state index contributed by atoms with van der Waals surface area (Å²) in [6.07, 6.45) is 4.69. The first-order valence-electron chi connectivity index (χ1n) is 5.15. The SMILES string of the molecule is Cn1cc(CNS(=O)(=O)c2cn(C)nc2N)cn1. The van der Waals surface area contributed by atoms with E-state index in [0.717, 1.165) is 5.56 Å². The van der Waals surface area contributed by atoms with Crippen molar-refractivity contribution < 1.29 is 8.42 Å². The van der Waals surface area contributed by atoms with Gasteiger partial charge in [0.25, 0.3) is 0 Å². The maximum atomic E-state index is 12.0. The van der Waals surface area contributed by atoms with Crippen molar-refractivity contribution in [1.82, 2.24) is 24.3 Å². The van der Waals surface area contributed by atoms with Gasteiger partial charge in [0.05, 0.1) is 6.20 Å². The van der Waals surface area contributed by atoms with Crippen molar-refractivity contribution in [1.29, 1.82) is 0 Å². The average molecular weight is 270 g/mol. The molecule has 0 aromatic carbocycles. The predicted molar refractivity (Wildman–Crippen MR) is 64.9 cm³/mol. The maximum Gasteiger partial charge on any atom is 0.246 e. The Bertz CT molecular complexity index is 656. The van der Waals surface area contributed by atoms with Gasteiger partial charge in [0.15, 0.2) is 5.82 Å². The Morgan fingerprint density at radius 2 is 2.06 bits per heavy atom. The molecule has 0 aliphatic carbocycles. The highest BCUT2D eigenvalue weighted by molar-refractivity contribution is 7.89. The normalized spacial score (nSPS) is 11.9. The first-order valence-corrected chi connectivity index (χ1v) is 6.63. The topological polar surface area (TPSA) is 108 Å². The van der Waals surface area contributed by atoms with Crippen LogP contribution in [-0.4, -0.2) is 28.0 Å². The summed E-state index contributed by atoms with van der Waals surface area (Å²) in [6.45, 7) is 0.157. The van der Waals surface area contributed by atoms with Crippen LogP contribution < -0.4 is 10.5 Å². The van der Waals surface area contributed by atoms with E-state index < -0.39 is 10.0 Å². The molecule has 0 amide bonds. The van der Waals surface area contributed by atoms with Crippen molar-refractivity contribution in [2.24, 2.45) is 14.1 Å². The van der Waals surface area contributed by atoms with Gasteiger partial charge in [-0.2, -0.15) is 10.2 Å². The minimum atomic E-state index is -3.65. The Labute approximate surface area is 104 Å². The second-order valence-corrected chi connectivity index (χ2v) is 5.63. The molecule has 9 heteroatoms. The first kappa shape index (κ1) is 12.6. The van der Waals surface area contributed by atoms with Crippen molar-refractivity contribution in [3.63, 3.8) is 0 Å². The first-order chi connectivity index (χ1) is 8.38. The zero-order valence-corrected chi connectivity index (χ0v) is 10.8. The third-order valence-electron chi connectivity index (χ3n) is 2.34. The summed E-state index contributed by atoms with van der Waals surface area (Å²) in [5.41, 5.74) is 6.30. The molecule has 0 aliphatic rings. The van der Waals surface area contributed by atoms with E-state index >= 15 is 0 Å². The van der Waals surface area contributed by atoms with E-state index in [-0.39, 0.29) is 17.3 Å². The van der Waals surface area contributed by atoms with Crippen LogP contribution in [0.5, 0.6) is 0 Å². The van der Waals surface area contributed by atoms with E-state index in [4.69, 9.17) is 5.73 Å². The van der Waals surface area contributed by atoms with Crippen LogP contribution in [0, 0.1) is 0 Å². The summed E-state index contributed by atoms with van der Waals surface area (Å²) in [6, 6.07) is 0. The highest BCUT2D eigenvalue weighted by atomic mass is 32.2. The number of nitrogens with two attached hydrogens (primary N) is 1. The monoisotopic (exact) mass is 270 g/mol. The zero-order chi connectivity index (χ0) is 13.3. The number of sulfonamides is 1. The van der Waals surface area contributed by atoms with E-state index in [0.29, 0.717) is 0 Å². The van der Waals surface area contributed by atoms with Crippen molar-refractivity contribution in [2.75, 3.05) is 5.73 Å². The van der Waals surface area contributed by atoms with Crippen LogP contribution in [-0.2, 0) is 30.7 Å². The quantitative estimate of drug-likeness (QED) is 0.757. The van der Waals surface area contributed by atoms with E-state index in [1.165, 1.54) is 10.9 Å². The molecule has 0 saturated carbocycles. The van der Waals surface area contributed by atoms with Crippen molar-refractivity contribution in [3.8, 4) is 0 Å². The molecule has 0 fully saturated rings. The molecule has 2 aromatic rings. The van der Waals surface area contributed by atoms with Crippen LogP contribution in [0.4, 0.5) is 5.82 Å². The Morgan fingerprint density at radius 3 is 2.56 bits per heavy atom. The maximum absolute atomic E-state index is 12.0. The largest absolute Gasteiger partial charge is 0.381 e. The Hall–Kier alpha value is -1.87. The number of aryl methyl sites for hydroxylation is 2. The van der Waals surface area contributed by atoms with Crippen molar-refractivity contribution >= 4 is 15.8 Å². The second-order valence-electron chi connectivity index (χ2n) is 3.90. The van der Waals surface area contributed by atoms with Crippen LogP contribution >= 0.6 is 0 Å². The van der Waals surface area contributed by atoms with Gasteiger partial charge in [-0.15, -0.1) is 0 Å². The fourth-order valence-corrected chi connectivity index (χ4v) is 2.63. The summed E-state index contributed by atoms with van der Waals surface area (Å²) in [7, 11) is -0.286. The molecular weight excluding hydrogens is 256 g/mol. The molecular formula is C9H14N6O2S. The van der Waals surface area contributed by atoms with Crippen LogP contribution in [0.15, 0.2) is 23.5 Å². The van der Waals surface area contributed by atoms with E-state index in [1.54, 1.807) is 31.2 Å². The fourth-order valence-electron chi connectivity index (χ4n) is 1.51. The van der Waals surface area contributed by atoms with E-state index in [2.05, 4.69) is 14.9 Å². The smallest absolute Gasteiger partial charge is 0.246 e. The molecule has 18 heavy (non-hydrogen) atoms. The van der Waals surface area contributed by atoms with Crippen LogP contribution in [0.2, 0.25) is 0 Å². The van der Waals surface area contributed by atoms with Crippen molar-refractivity contribution in [2.45, 2.75) is 11.4 Å². The average Bonchev–Trinajstić information content (AvgIpc) is 2.82. The number of nitrogens with zero attached hydrogens (tertiary/aromatic N) is 4. The molecule has 2 aromatic heterocycles. The van der Waals surface area contributed by atoms with Gasteiger partial charge in [-0.1, -0.05) is 0 Å². The van der Waals surface area contributed by atoms with Gasteiger partial charge in [0, 0.05) is 38.6 Å². The Morgan fingerprint density at radius 1 is 1.33 bits per heavy atom. The van der Waals surface area contributed by atoms with E-state index in [9.17, 15) is 8.42 Å². The summed E-state index contributed by atoms with van der Waals surface area (Å²) < 4.78 is 29.3. The summed E-state index contributed by atoms with van der Waals surface area (Å²) in [4.78, 5) is -0.0195. The third-order valence-corrected chi connectivity index (χ3v) is 3.75. The minimum Gasteiger partial charge on any atom is -0.381 e. The van der Waals surface area contributed by atoms with E-state index in [1.807, 2.05) is 0 Å². The summed E-state index contributed by atoms with van der Waals surface area (Å²) >= 11 is 0. The van der Waals surface area contributed by atoms with Crippen LogP contribution in [0.1, 0.15) is 5.56 Å². The van der Waals surface area contributed by atoms with Crippen LogP contribution in [0.3, 0.4) is 0 Å². The number of aromatic nitrogens is 4. The molecule has 0 unspecified atom stereocenters.